The Kier molecular flexibility index (Phi) is 3.15. The molecule has 1 aromatic rings. The maximum atomic E-state index is 12.0. The number of nitrogens with two attached hydrogens (primary N) is 1. The second-order valence-corrected chi connectivity index (χ2v) is 4.10. The van der Waals surface area contributed by atoms with E-state index in [-0.39, 0.29) is 5.78 Å². The number of allylic oxidation sites excluding steroid dienone is 2. The minimum absolute atomic E-state index is 0.158. The first kappa shape index (κ1) is 11.0. The van der Waals surface area contributed by atoms with Crippen LogP contribution in [0.15, 0.2) is 30.0 Å². The molecule has 0 atom stereocenters. The number of carbonyl (C=O) groups excluding carboxylic acids is 1. The highest BCUT2D eigenvalue weighted by atomic mass is 35.5. The van der Waals surface area contributed by atoms with Crippen LogP contribution in [0.2, 0.25) is 5.02 Å². The lowest BCUT2D eigenvalue weighted by atomic mass is 10.1. The van der Waals surface area contributed by atoms with E-state index in [9.17, 15) is 4.79 Å². The van der Waals surface area contributed by atoms with Crippen molar-refractivity contribution >= 4 is 23.1 Å². The van der Waals surface area contributed by atoms with Crippen molar-refractivity contribution in [3.63, 3.8) is 0 Å². The van der Waals surface area contributed by atoms with E-state index in [1.54, 1.807) is 18.2 Å². The van der Waals surface area contributed by atoms with Crippen LogP contribution in [0.1, 0.15) is 23.2 Å². The van der Waals surface area contributed by atoms with Crippen molar-refractivity contribution in [2.75, 3.05) is 12.3 Å². The largest absolute Gasteiger partial charge is 0.490 e. The van der Waals surface area contributed by atoms with E-state index in [4.69, 9.17) is 22.1 Å². The highest BCUT2D eigenvalue weighted by Gasteiger charge is 2.16. The van der Waals surface area contributed by atoms with Gasteiger partial charge in [0, 0.05) is 16.3 Å². The van der Waals surface area contributed by atoms with Gasteiger partial charge >= 0.3 is 0 Å². The molecule has 4 heteroatoms. The van der Waals surface area contributed by atoms with Gasteiger partial charge in [-0.15, -0.1) is 0 Å². The Morgan fingerprint density at radius 3 is 2.81 bits per heavy atom. The molecule has 0 spiro atoms. The average molecular weight is 238 g/mol. The third-order valence-electron chi connectivity index (χ3n) is 2.34. The monoisotopic (exact) mass is 237 g/mol. The highest BCUT2D eigenvalue weighted by molar-refractivity contribution is 6.31. The molecule has 1 aromatic carbocycles. The van der Waals surface area contributed by atoms with Gasteiger partial charge in [0.25, 0.3) is 0 Å². The normalized spacial score (nSPS) is 15.2. The van der Waals surface area contributed by atoms with Gasteiger partial charge in [0.05, 0.1) is 6.61 Å². The first-order chi connectivity index (χ1) is 7.66. The van der Waals surface area contributed by atoms with Crippen molar-refractivity contribution in [2.24, 2.45) is 0 Å². The van der Waals surface area contributed by atoms with Crippen molar-refractivity contribution in [3.8, 4) is 0 Å². The average Bonchev–Trinajstić information content (AvgIpc) is 2.28. The first-order valence-electron chi connectivity index (χ1n) is 5.10. The van der Waals surface area contributed by atoms with Crippen LogP contribution in [0.25, 0.3) is 0 Å². The van der Waals surface area contributed by atoms with Crippen LogP contribution in [-0.4, -0.2) is 12.4 Å². The van der Waals surface area contributed by atoms with Crippen LogP contribution in [0.5, 0.6) is 0 Å². The Labute approximate surface area is 98.8 Å². The minimum Gasteiger partial charge on any atom is -0.490 e. The summed E-state index contributed by atoms with van der Waals surface area (Å²) in [4.78, 5) is 12.0. The Morgan fingerprint density at radius 1 is 1.38 bits per heavy atom. The summed E-state index contributed by atoms with van der Waals surface area (Å²) in [5.41, 5.74) is 6.58. The van der Waals surface area contributed by atoms with Gasteiger partial charge < -0.3 is 10.5 Å². The molecule has 0 bridgehead atoms. The number of nitrogen functional groups attached to an aromatic ring is 1. The Hall–Kier alpha value is -1.48. The van der Waals surface area contributed by atoms with Gasteiger partial charge in [-0.25, -0.2) is 0 Å². The molecule has 0 fully saturated rings. The van der Waals surface area contributed by atoms with E-state index in [1.807, 2.05) is 6.08 Å². The van der Waals surface area contributed by atoms with Gasteiger partial charge in [0.1, 0.15) is 0 Å². The fourth-order valence-electron chi connectivity index (χ4n) is 1.60. The third-order valence-corrected chi connectivity index (χ3v) is 2.56. The molecule has 0 saturated carbocycles. The zero-order chi connectivity index (χ0) is 11.5. The van der Waals surface area contributed by atoms with E-state index in [1.165, 1.54) is 0 Å². The zero-order valence-corrected chi connectivity index (χ0v) is 9.46. The van der Waals surface area contributed by atoms with Gasteiger partial charge in [-0.3, -0.25) is 4.79 Å². The number of carbonyl (C=O) groups is 1. The number of anilines is 1. The molecule has 0 aromatic heterocycles. The van der Waals surface area contributed by atoms with Crippen LogP contribution >= 0.6 is 11.6 Å². The molecule has 16 heavy (non-hydrogen) atoms. The lowest BCUT2D eigenvalue weighted by Gasteiger charge is -2.14. The number of benzene rings is 1. The highest BCUT2D eigenvalue weighted by Crippen LogP contribution is 2.21. The second kappa shape index (κ2) is 4.58. The van der Waals surface area contributed by atoms with Crippen molar-refractivity contribution < 1.29 is 9.53 Å². The summed E-state index contributed by atoms with van der Waals surface area (Å²) in [6.45, 7) is 0.591. The van der Waals surface area contributed by atoms with Crippen molar-refractivity contribution in [1.29, 1.82) is 0 Å². The Morgan fingerprint density at radius 2 is 2.19 bits per heavy atom. The van der Waals surface area contributed by atoms with Crippen LogP contribution in [0.4, 0.5) is 5.69 Å². The van der Waals surface area contributed by atoms with Gasteiger partial charge in [0.2, 0.25) is 5.78 Å². The van der Waals surface area contributed by atoms with E-state index < -0.39 is 0 Å². The Balaban J connectivity index is 2.29. The smallest absolute Gasteiger partial charge is 0.227 e. The predicted octanol–water partition coefficient (Wildman–Crippen LogP) is 2.80. The van der Waals surface area contributed by atoms with E-state index in [2.05, 4.69) is 0 Å². The molecule has 0 radical (unpaired) electrons. The minimum atomic E-state index is -0.158. The SMILES string of the molecule is Nc1cc(Cl)cc(C(=O)C2=CCCCO2)c1. The molecular formula is C12H12ClNO2. The summed E-state index contributed by atoms with van der Waals surface area (Å²) in [6.07, 6.45) is 3.63. The number of hydrogen-bond donors (Lipinski definition) is 1. The predicted molar refractivity (Wildman–Crippen MR) is 63.5 cm³/mol. The number of halogens is 1. The van der Waals surface area contributed by atoms with Crippen LogP contribution in [-0.2, 0) is 4.74 Å². The zero-order valence-electron chi connectivity index (χ0n) is 8.70. The molecule has 0 amide bonds. The van der Waals surface area contributed by atoms with Crippen molar-refractivity contribution in [1.82, 2.24) is 0 Å². The van der Waals surface area contributed by atoms with Crippen LogP contribution in [0, 0.1) is 0 Å². The number of rotatable bonds is 2. The second-order valence-electron chi connectivity index (χ2n) is 3.66. The summed E-state index contributed by atoms with van der Waals surface area (Å²) in [7, 11) is 0. The molecule has 1 heterocycles. The van der Waals surface area contributed by atoms with Crippen LogP contribution < -0.4 is 5.73 Å². The maximum absolute atomic E-state index is 12.0. The third kappa shape index (κ3) is 2.36. The summed E-state index contributed by atoms with van der Waals surface area (Å²) in [5, 5.41) is 0.458. The van der Waals surface area contributed by atoms with Crippen molar-refractivity contribution in [2.45, 2.75) is 12.8 Å². The number of ether oxygens (including phenoxy) is 1. The lowest BCUT2D eigenvalue weighted by molar-refractivity contribution is 0.0899. The topological polar surface area (TPSA) is 52.3 Å². The number of ketones is 1. The standard InChI is InChI=1S/C12H12ClNO2/c13-9-5-8(6-10(14)7-9)12(15)11-3-1-2-4-16-11/h3,5-7H,1-2,4,14H2. The molecule has 0 saturated heterocycles. The first-order valence-corrected chi connectivity index (χ1v) is 5.48. The molecule has 2 N–H and O–H groups in total. The van der Waals surface area contributed by atoms with Gasteiger partial charge in [0.15, 0.2) is 5.76 Å². The summed E-state index contributed by atoms with van der Waals surface area (Å²) in [5.74, 6) is 0.238. The molecule has 0 unspecified atom stereocenters. The summed E-state index contributed by atoms with van der Waals surface area (Å²) in [6, 6.07) is 4.81. The number of Topliss-reactive ketones (excluding diaryl/α,β-unsaturated/α-hetero) is 1. The fraction of sp³-hybridized carbons (Fsp3) is 0.250. The molecule has 0 aliphatic carbocycles. The summed E-state index contributed by atoms with van der Waals surface area (Å²) < 4.78 is 5.30. The van der Waals surface area contributed by atoms with Crippen molar-refractivity contribution in [3.05, 3.63) is 40.6 Å². The van der Waals surface area contributed by atoms with E-state index in [0.717, 1.165) is 12.8 Å². The maximum Gasteiger partial charge on any atom is 0.227 e. The number of hydrogen-bond acceptors (Lipinski definition) is 3. The van der Waals surface area contributed by atoms with Gasteiger partial charge in [-0.05, 0) is 37.1 Å². The Bertz CT molecular complexity index is 434. The molecule has 1 aliphatic heterocycles. The van der Waals surface area contributed by atoms with E-state index >= 15 is 0 Å². The lowest BCUT2D eigenvalue weighted by Crippen LogP contribution is -2.11. The molecule has 1 aliphatic rings. The van der Waals surface area contributed by atoms with Crippen LogP contribution in [0.3, 0.4) is 0 Å². The fourth-order valence-corrected chi connectivity index (χ4v) is 1.85. The van der Waals surface area contributed by atoms with E-state index in [0.29, 0.717) is 28.6 Å². The molecular weight excluding hydrogens is 226 g/mol. The molecule has 3 nitrogen and oxygen atoms in total. The van der Waals surface area contributed by atoms with Gasteiger partial charge in [-0.1, -0.05) is 11.6 Å². The summed E-state index contributed by atoms with van der Waals surface area (Å²) >= 11 is 5.84. The quantitative estimate of drug-likeness (QED) is 0.636. The molecule has 2 rings (SSSR count). The molecule has 84 valence electrons. The van der Waals surface area contributed by atoms with Gasteiger partial charge in [-0.2, -0.15) is 0 Å².